The lowest BCUT2D eigenvalue weighted by Crippen LogP contribution is -2.10. The Balaban J connectivity index is 2.68. The summed E-state index contributed by atoms with van der Waals surface area (Å²) < 4.78 is 12.5. The Hall–Kier alpha value is -0.600. The fourth-order valence-electron chi connectivity index (χ4n) is 0.994. The van der Waals surface area contributed by atoms with E-state index in [0.29, 0.717) is 12.3 Å². The smallest absolute Gasteiger partial charge is 0.123 e. The second-order valence-corrected chi connectivity index (χ2v) is 3.01. The third-order valence-corrected chi connectivity index (χ3v) is 1.94. The van der Waals surface area contributed by atoms with Gasteiger partial charge < -0.3 is 5.73 Å². The maximum Gasteiger partial charge on any atom is 0.123 e. The summed E-state index contributed by atoms with van der Waals surface area (Å²) >= 11 is 5.52. The molecular formula is C9H11ClFN. The van der Waals surface area contributed by atoms with Crippen molar-refractivity contribution in [3.8, 4) is 0 Å². The van der Waals surface area contributed by atoms with Crippen LogP contribution < -0.4 is 5.73 Å². The fraction of sp³-hybridized carbons (Fsp3) is 0.333. The first-order valence-corrected chi connectivity index (χ1v) is 4.34. The van der Waals surface area contributed by atoms with Crippen molar-refractivity contribution < 1.29 is 4.39 Å². The van der Waals surface area contributed by atoms with Gasteiger partial charge in [-0.1, -0.05) is 12.1 Å². The quantitative estimate of drug-likeness (QED) is 0.723. The minimum atomic E-state index is -0.239. The van der Waals surface area contributed by atoms with Crippen LogP contribution >= 0.6 is 11.6 Å². The molecule has 0 aromatic heterocycles. The molecule has 1 rings (SSSR count). The highest BCUT2D eigenvalue weighted by Crippen LogP contribution is 2.14. The van der Waals surface area contributed by atoms with Crippen LogP contribution in [0.3, 0.4) is 0 Å². The van der Waals surface area contributed by atoms with Crippen LogP contribution in [0.5, 0.6) is 0 Å². The molecule has 2 N–H and O–H groups in total. The zero-order chi connectivity index (χ0) is 8.97. The Kier molecular flexibility index (Phi) is 3.50. The van der Waals surface area contributed by atoms with E-state index in [1.807, 2.05) is 0 Å². The summed E-state index contributed by atoms with van der Waals surface area (Å²) in [6.45, 7) is 0. The summed E-state index contributed by atoms with van der Waals surface area (Å²) in [5.74, 6) is 0.287. The van der Waals surface area contributed by atoms with Crippen molar-refractivity contribution >= 4 is 11.6 Å². The van der Waals surface area contributed by atoms with E-state index in [0.717, 1.165) is 5.56 Å². The van der Waals surface area contributed by atoms with Gasteiger partial charge in [-0.05, 0) is 24.1 Å². The first-order chi connectivity index (χ1) is 5.74. The molecule has 0 spiro atoms. The SMILES string of the molecule is NC(CCCl)c1ccc(F)cc1. The van der Waals surface area contributed by atoms with E-state index in [1.54, 1.807) is 12.1 Å². The number of alkyl halides is 1. The molecule has 0 aliphatic rings. The van der Waals surface area contributed by atoms with Gasteiger partial charge in [-0.25, -0.2) is 4.39 Å². The van der Waals surface area contributed by atoms with Crippen LogP contribution in [-0.2, 0) is 0 Å². The van der Waals surface area contributed by atoms with E-state index in [4.69, 9.17) is 17.3 Å². The van der Waals surface area contributed by atoms with Gasteiger partial charge in [-0.2, -0.15) is 0 Å². The van der Waals surface area contributed by atoms with E-state index in [2.05, 4.69) is 0 Å². The summed E-state index contributed by atoms with van der Waals surface area (Å²) in [5.41, 5.74) is 6.68. The van der Waals surface area contributed by atoms with E-state index in [-0.39, 0.29) is 11.9 Å². The molecule has 0 radical (unpaired) electrons. The number of nitrogens with two attached hydrogens (primary N) is 1. The molecule has 12 heavy (non-hydrogen) atoms. The molecule has 1 nitrogen and oxygen atoms in total. The molecule has 0 fully saturated rings. The van der Waals surface area contributed by atoms with Gasteiger partial charge in [0, 0.05) is 11.9 Å². The molecule has 1 atom stereocenters. The van der Waals surface area contributed by atoms with Gasteiger partial charge in [0.25, 0.3) is 0 Å². The van der Waals surface area contributed by atoms with E-state index < -0.39 is 0 Å². The van der Waals surface area contributed by atoms with Crippen LogP contribution in [0.25, 0.3) is 0 Å². The Labute approximate surface area is 76.3 Å². The minimum absolute atomic E-state index is 0.0805. The Morgan fingerprint density at radius 1 is 1.33 bits per heavy atom. The number of halogens is 2. The Bertz CT molecular complexity index is 235. The second kappa shape index (κ2) is 4.43. The van der Waals surface area contributed by atoms with Crippen molar-refractivity contribution in [2.75, 3.05) is 5.88 Å². The number of rotatable bonds is 3. The van der Waals surface area contributed by atoms with Gasteiger partial charge in [-0.3, -0.25) is 0 Å². The van der Waals surface area contributed by atoms with Crippen molar-refractivity contribution in [2.45, 2.75) is 12.5 Å². The van der Waals surface area contributed by atoms with E-state index in [1.165, 1.54) is 12.1 Å². The van der Waals surface area contributed by atoms with Crippen LogP contribution in [0.15, 0.2) is 24.3 Å². The van der Waals surface area contributed by atoms with Crippen molar-refractivity contribution in [3.05, 3.63) is 35.6 Å². The predicted molar refractivity (Wildman–Crippen MR) is 48.7 cm³/mol. The first-order valence-electron chi connectivity index (χ1n) is 3.81. The van der Waals surface area contributed by atoms with Crippen LogP contribution in [0.2, 0.25) is 0 Å². The van der Waals surface area contributed by atoms with Crippen LogP contribution in [0, 0.1) is 5.82 Å². The van der Waals surface area contributed by atoms with Gasteiger partial charge in [-0.15, -0.1) is 11.6 Å². The standard InChI is InChI=1S/C9H11ClFN/c10-6-5-9(12)7-1-3-8(11)4-2-7/h1-4,9H,5-6,12H2. The van der Waals surface area contributed by atoms with E-state index >= 15 is 0 Å². The largest absolute Gasteiger partial charge is 0.324 e. The lowest BCUT2D eigenvalue weighted by Gasteiger charge is -2.08. The molecule has 0 aliphatic carbocycles. The lowest BCUT2D eigenvalue weighted by molar-refractivity contribution is 0.623. The Morgan fingerprint density at radius 3 is 2.42 bits per heavy atom. The third-order valence-electron chi connectivity index (χ3n) is 1.72. The highest BCUT2D eigenvalue weighted by Gasteiger charge is 2.03. The van der Waals surface area contributed by atoms with Gasteiger partial charge in [0.15, 0.2) is 0 Å². The number of benzene rings is 1. The van der Waals surface area contributed by atoms with E-state index in [9.17, 15) is 4.39 Å². The average Bonchev–Trinajstić information content (AvgIpc) is 2.06. The highest BCUT2D eigenvalue weighted by atomic mass is 35.5. The van der Waals surface area contributed by atoms with Crippen LogP contribution in [0.1, 0.15) is 18.0 Å². The van der Waals surface area contributed by atoms with Gasteiger partial charge >= 0.3 is 0 Å². The van der Waals surface area contributed by atoms with Gasteiger partial charge in [0.05, 0.1) is 0 Å². The van der Waals surface area contributed by atoms with Gasteiger partial charge in [0.1, 0.15) is 5.82 Å². The Morgan fingerprint density at radius 2 is 1.92 bits per heavy atom. The molecule has 0 bridgehead atoms. The molecule has 66 valence electrons. The molecule has 3 heteroatoms. The van der Waals surface area contributed by atoms with Gasteiger partial charge in [0.2, 0.25) is 0 Å². The van der Waals surface area contributed by atoms with Crippen molar-refractivity contribution in [1.82, 2.24) is 0 Å². The fourth-order valence-corrected chi connectivity index (χ4v) is 1.23. The molecule has 0 saturated carbocycles. The van der Waals surface area contributed by atoms with Crippen molar-refractivity contribution in [3.63, 3.8) is 0 Å². The predicted octanol–water partition coefficient (Wildman–Crippen LogP) is 2.45. The minimum Gasteiger partial charge on any atom is -0.324 e. The molecule has 0 amide bonds. The maximum absolute atomic E-state index is 12.5. The summed E-state index contributed by atoms with van der Waals surface area (Å²) in [5, 5.41) is 0. The second-order valence-electron chi connectivity index (χ2n) is 2.64. The lowest BCUT2D eigenvalue weighted by atomic mass is 10.1. The molecular weight excluding hydrogens is 177 g/mol. The summed E-state index contributed by atoms with van der Waals surface area (Å²) in [6.07, 6.45) is 0.715. The molecule has 0 aliphatic heterocycles. The zero-order valence-corrected chi connectivity index (χ0v) is 7.39. The first kappa shape index (κ1) is 9.49. The van der Waals surface area contributed by atoms with Crippen LogP contribution in [0.4, 0.5) is 4.39 Å². The number of hydrogen-bond acceptors (Lipinski definition) is 1. The summed E-state index contributed by atoms with van der Waals surface area (Å²) in [4.78, 5) is 0. The molecule has 1 unspecified atom stereocenters. The topological polar surface area (TPSA) is 26.0 Å². The molecule has 0 heterocycles. The third kappa shape index (κ3) is 2.47. The molecule has 1 aromatic rings. The van der Waals surface area contributed by atoms with Crippen molar-refractivity contribution in [1.29, 1.82) is 0 Å². The monoisotopic (exact) mass is 187 g/mol. The normalized spacial score (nSPS) is 12.9. The zero-order valence-electron chi connectivity index (χ0n) is 6.63. The van der Waals surface area contributed by atoms with Crippen LogP contribution in [-0.4, -0.2) is 5.88 Å². The van der Waals surface area contributed by atoms with Crippen molar-refractivity contribution in [2.24, 2.45) is 5.73 Å². The summed E-state index contributed by atoms with van der Waals surface area (Å²) in [7, 11) is 0. The summed E-state index contributed by atoms with van der Waals surface area (Å²) in [6, 6.07) is 6.11. The number of hydrogen-bond donors (Lipinski definition) is 1. The highest BCUT2D eigenvalue weighted by molar-refractivity contribution is 6.17. The average molecular weight is 188 g/mol. The maximum atomic E-state index is 12.5. The molecule has 0 saturated heterocycles. The molecule has 1 aromatic carbocycles.